The SMILES string of the molecule is CCOCCCNC(=NCC(=O)N(C)C)NCC(CC)Oc1ccccc1F. The Morgan fingerprint density at radius 1 is 1.25 bits per heavy atom. The molecule has 1 rings (SSSR count). The van der Waals surface area contributed by atoms with E-state index in [9.17, 15) is 9.18 Å². The Bertz CT molecular complexity index is 611. The number of amides is 1. The summed E-state index contributed by atoms with van der Waals surface area (Å²) in [6.07, 6.45) is 1.27. The molecule has 0 aliphatic carbocycles. The van der Waals surface area contributed by atoms with Crippen molar-refractivity contribution in [2.45, 2.75) is 32.8 Å². The van der Waals surface area contributed by atoms with Gasteiger partial charge in [0.25, 0.3) is 0 Å². The quantitative estimate of drug-likeness (QED) is 0.321. The van der Waals surface area contributed by atoms with Gasteiger partial charge in [-0.1, -0.05) is 19.1 Å². The van der Waals surface area contributed by atoms with Crippen LogP contribution >= 0.6 is 0 Å². The van der Waals surface area contributed by atoms with Crippen LogP contribution in [-0.4, -0.2) is 69.8 Å². The van der Waals surface area contributed by atoms with Crippen LogP contribution in [0, 0.1) is 5.82 Å². The van der Waals surface area contributed by atoms with E-state index in [1.165, 1.54) is 11.0 Å². The number of benzene rings is 1. The molecule has 28 heavy (non-hydrogen) atoms. The van der Waals surface area contributed by atoms with E-state index in [-0.39, 0.29) is 30.1 Å². The van der Waals surface area contributed by atoms with Crippen molar-refractivity contribution < 1.29 is 18.7 Å². The van der Waals surface area contributed by atoms with Gasteiger partial charge < -0.3 is 25.0 Å². The number of ether oxygens (including phenoxy) is 2. The molecule has 1 amide bonds. The molecule has 7 nitrogen and oxygen atoms in total. The van der Waals surface area contributed by atoms with Crippen LogP contribution in [-0.2, 0) is 9.53 Å². The molecular weight excluding hydrogens is 363 g/mol. The first kappa shape index (κ1) is 23.7. The van der Waals surface area contributed by atoms with Crippen LogP contribution in [0.2, 0.25) is 0 Å². The van der Waals surface area contributed by atoms with Crippen molar-refractivity contribution in [3.63, 3.8) is 0 Å². The van der Waals surface area contributed by atoms with Gasteiger partial charge >= 0.3 is 0 Å². The molecule has 0 aliphatic rings. The molecule has 0 aromatic heterocycles. The number of carbonyl (C=O) groups is 1. The number of guanidine groups is 1. The predicted molar refractivity (Wildman–Crippen MR) is 109 cm³/mol. The lowest BCUT2D eigenvalue weighted by atomic mass is 10.2. The van der Waals surface area contributed by atoms with Crippen molar-refractivity contribution in [1.82, 2.24) is 15.5 Å². The number of nitrogens with one attached hydrogen (secondary N) is 2. The first-order valence-electron chi connectivity index (χ1n) is 9.69. The van der Waals surface area contributed by atoms with Crippen LogP contribution in [0.4, 0.5) is 4.39 Å². The lowest BCUT2D eigenvalue weighted by Crippen LogP contribution is -2.43. The maximum absolute atomic E-state index is 13.8. The average molecular weight is 397 g/mol. The van der Waals surface area contributed by atoms with Crippen LogP contribution < -0.4 is 15.4 Å². The summed E-state index contributed by atoms with van der Waals surface area (Å²) in [6, 6.07) is 6.34. The summed E-state index contributed by atoms with van der Waals surface area (Å²) in [4.78, 5) is 17.6. The van der Waals surface area contributed by atoms with Crippen LogP contribution in [0.5, 0.6) is 5.75 Å². The topological polar surface area (TPSA) is 75.2 Å². The number of rotatable bonds is 12. The highest BCUT2D eigenvalue weighted by atomic mass is 19.1. The Hall–Kier alpha value is -2.35. The summed E-state index contributed by atoms with van der Waals surface area (Å²) in [5.74, 6) is 0.259. The summed E-state index contributed by atoms with van der Waals surface area (Å²) in [5.41, 5.74) is 0. The van der Waals surface area contributed by atoms with Crippen molar-refractivity contribution in [2.75, 3.05) is 46.9 Å². The third-order valence-corrected chi connectivity index (χ3v) is 3.92. The van der Waals surface area contributed by atoms with Crippen LogP contribution in [0.1, 0.15) is 26.7 Å². The molecule has 0 spiro atoms. The molecule has 1 unspecified atom stereocenters. The van der Waals surface area contributed by atoms with Gasteiger partial charge in [0.05, 0.1) is 6.54 Å². The van der Waals surface area contributed by atoms with E-state index in [0.717, 1.165) is 6.42 Å². The Kier molecular flexibility index (Phi) is 11.6. The fourth-order valence-corrected chi connectivity index (χ4v) is 2.19. The predicted octanol–water partition coefficient (Wildman–Crippen LogP) is 2.03. The van der Waals surface area contributed by atoms with Gasteiger partial charge in [0, 0.05) is 33.9 Å². The van der Waals surface area contributed by atoms with Gasteiger partial charge in [-0.15, -0.1) is 0 Å². The van der Waals surface area contributed by atoms with Gasteiger partial charge in [-0.3, -0.25) is 4.79 Å². The van der Waals surface area contributed by atoms with Crippen molar-refractivity contribution in [1.29, 1.82) is 0 Å². The van der Waals surface area contributed by atoms with E-state index < -0.39 is 0 Å². The first-order chi connectivity index (χ1) is 13.5. The van der Waals surface area contributed by atoms with Crippen molar-refractivity contribution in [2.24, 2.45) is 4.99 Å². The number of carbonyl (C=O) groups excluding carboxylic acids is 1. The molecule has 0 radical (unpaired) electrons. The normalized spacial score (nSPS) is 12.4. The second-order valence-electron chi connectivity index (χ2n) is 6.39. The van der Waals surface area contributed by atoms with Crippen LogP contribution in [0.25, 0.3) is 0 Å². The van der Waals surface area contributed by atoms with Gasteiger partial charge in [0.15, 0.2) is 17.5 Å². The Labute approximate surface area is 167 Å². The molecule has 1 aromatic rings. The second kappa shape index (κ2) is 13.8. The Morgan fingerprint density at radius 2 is 2.00 bits per heavy atom. The molecule has 0 aliphatic heterocycles. The van der Waals surface area contributed by atoms with Gasteiger partial charge in [-0.25, -0.2) is 9.38 Å². The third kappa shape index (κ3) is 9.55. The van der Waals surface area contributed by atoms with Crippen LogP contribution in [0.3, 0.4) is 0 Å². The highest BCUT2D eigenvalue weighted by Gasteiger charge is 2.12. The Balaban J connectivity index is 2.62. The molecule has 1 aromatic carbocycles. The van der Waals surface area contributed by atoms with Crippen molar-refractivity contribution in [3.05, 3.63) is 30.1 Å². The molecule has 8 heteroatoms. The zero-order valence-corrected chi connectivity index (χ0v) is 17.3. The molecule has 2 N–H and O–H groups in total. The standard InChI is InChI=1S/C20H33FN4O3/c1-5-16(28-18-11-8-7-10-17(18)21)14-23-20(22-12-9-13-27-6-2)24-15-19(26)25(3)4/h7-8,10-11,16H,5-6,9,12-15H2,1-4H3,(H2,22,23,24). The summed E-state index contributed by atoms with van der Waals surface area (Å²) < 4.78 is 24.9. The zero-order valence-electron chi connectivity index (χ0n) is 17.3. The number of halogens is 1. The summed E-state index contributed by atoms with van der Waals surface area (Å²) in [6.45, 7) is 6.39. The van der Waals surface area contributed by atoms with E-state index in [1.807, 2.05) is 13.8 Å². The van der Waals surface area contributed by atoms with E-state index in [0.29, 0.717) is 38.7 Å². The highest BCUT2D eigenvalue weighted by molar-refractivity contribution is 5.84. The number of hydrogen-bond donors (Lipinski definition) is 2. The third-order valence-electron chi connectivity index (χ3n) is 3.92. The molecule has 0 saturated carbocycles. The van der Waals surface area contributed by atoms with Crippen molar-refractivity contribution in [3.8, 4) is 5.75 Å². The second-order valence-corrected chi connectivity index (χ2v) is 6.39. The summed E-state index contributed by atoms with van der Waals surface area (Å²) in [5, 5.41) is 6.36. The maximum atomic E-state index is 13.8. The van der Waals surface area contributed by atoms with Crippen molar-refractivity contribution >= 4 is 11.9 Å². The van der Waals surface area contributed by atoms with E-state index in [4.69, 9.17) is 9.47 Å². The minimum absolute atomic E-state index is 0.0404. The smallest absolute Gasteiger partial charge is 0.243 e. The number of hydrogen-bond acceptors (Lipinski definition) is 4. The fourth-order valence-electron chi connectivity index (χ4n) is 2.19. The number of para-hydroxylation sites is 1. The first-order valence-corrected chi connectivity index (χ1v) is 9.69. The molecule has 0 bridgehead atoms. The molecule has 158 valence electrons. The number of aliphatic imine (C=N–C) groups is 1. The lowest BCUT2D eigenvalue weighted by Gasteiger charge is -2.20. The minimum Gasteiger partial charge on any atom is -0.486 e. The maximum Gasteiger partial charge on any atom is 0.243 e. The Morgan fingerprint density at radius 3 is 2.64 bits per heavy atom. The largest absolute Gasteiger partial charge is 0.486 e. The monoisotopic (exact) mass is 396 g/mol. The molecular formula is C20H33FN4O3. The number of likely N-dealkylation sites (N-methyl/N-ethyl adjacent to an activating group) is 1. The summed E-state index contributed by atoms with van der Waals surface area (Å²) >= 11 is 0. The zero-order chi connectivity index (χ0) is 20.8. The summed E-state index contributed by atoms with van der Waals surface area (Å²) in [7, 11) is 3.38. The minimum atomic E-state index is -0.388. The number of nitrogens with zero attached hydrogens (tertiary/aromatic N) is 2. The molecule has 0 fully saturated rings. The van der Waals surface area contributed by atoms with E-state index in [1.54, 1.807) is 32.3 Å². The average Bonchev–Trinajstić information content (AvgIpc) is 2.69. The highest BCUT2D eigenvalue weighted by Crippen LogP contribution is 2.17. The molecule has 1 atom stereocenters. The van der Waals surface area contributed by atoms with Crippen LogP contribution in [0.15, 0.2) is 29.3 Å². The molecule has 0 heterocycles. The van der Waals surface area contributed by atoms with E-state index >= 15 is 0 Å². The lowest BCUT2D eigenvalue weighted by molar-refractivity contribution is -0.127. The van der Waals surface area contributed by atoms with Gasteiger partial charge in [0.1, 0.15) is 12.6 Å². The van der Waals surface area contributed by atoms with Gasteiger partial charge in [0.2, 0.25) is 5.91 Å². The van der Waals surface area contributed by atoms with E-state index in [2.05, 4.69) is 15.6 Å². The molecule has 0 saturated heterocycles. The van der Waals surface area contributed by atoms with Gasteiger partial charge in [-0.2, -0.15) is 0 Å². The fraction of sp³-hybridized carbons (Fsp3) is 0.600. The van der Waals surface area contributed by atoms with Gasteiger partial charge in [-0.05, 0) is 31.9 Å².